The number of piperidine rings is 1. The highest BCUT2D eigenvalue weighted by atomic mass is 16.1. The zero-order chi connectivity index (χ0) is 21.5. The number of nitrogens with zero attached hydrogens (tertiary/aromatic N) is 3. The summed E-state index contributed by atoms with van der Waals surface area (Å²) in [5.41, 5.74) is 5.08. The standard InChI is InChI=1S/C25H38N4O/c1-17-14-21-22(15-18(17)2)29(16-25(3,4)5)24(27-21)28-12-10-19(11-13-28)23(30)26-20-8-6-7-9-20/h14-15,19-20H,6-13,16H2,1-5H3,(H,26,30). The molecule has 0 spiro atoms. The van der Waals surface area contributed by atoms with E-state index in [2.05, 4.69) is 61.5 Å². The minimum absolute atomic E-state index is 0.145. The first-order valence-electron chi connectivity index (χ1n) is 11.7. The van der Waals surface area contributed by atoms with Gasteiger partial charge in [-0.2, -0.15) is 0 Å². The second kappa shape index (κ2) is 8.24. The van der Waals surface area contributed by atoms with Crippen LogP contribution in [0, 0.1) is 25.2 Å². The van der Waals surface area contributed by atoms with E-state index < -0.39 is 0 Å². The van der Waals surface area contributed by atoms with Crippen LogP contribution in [0.25, 0.3) is 11.0 Å². The lowest BCUT2D eigenvalue weighted by atomic mass is 9.95. The molecule has 1 saturated carbocycles. The van der Waals surface area contributed by atoms with E-state index in [0.717, 1.165) is 56.8 Å². The Kier molecular flexibility index (Phi) is 5.82. The molecule has 0 unspecified atom stereocenters. The highest BCUT2D eigenvalue weighted by Crippen LogP contribution is 2.31. The molecule has 1 saturated heterocycles. The SMILES string of the molecule is Cc1cc2nc(N3CCC(C(=O)NC4CCCC4)CC3)n(CC(C)(C)C)c2cc1C. The van der Waals surface area contributed by atoms with Crippen molar-refractivity contribution in [3.63, 3.8) is 0 Å². The van der Waals surface area contributed by atoms with E-state index in [0.29, 0.717) is 6.04 Å². The number of nitrogens with one attached hydrogen (secondary N) is 1. The molecule has 0 radical (unpaired) electrons. The van der Waals surface area contributed by atoms with Crippen LogP contribution in [0.3, 0.4) is 0 Å². The van der Waals surface area contributed by atoms with Gasteiger partial charge < -0.3 is 14.8 Å². The monoisotopic (exact) mass is 410 g/mol. The first kappa shape index (κ1) is 21.2. The van der Waals surface area contributed by atoms with Gasteiger partial charge in [-0.05, 0) is 68.2 Å². The largest absolute Gasteiger partial charge is 0.353 e. The molecule has 2 aliphatic rings. The van der Waals surface area contributed by atoms with Crippen LogP contribution in [-0.2, 0) is 11.3 Å². The first-order chi connectivity index (χ1) is 14.2. The van der Waals surface area contributed by atoms with E-state index in [1.807, 2.05) is 0 Å². The molecule has 1 amide bonds. The van der Waals surface area contributed by atoms with E-state index in [-0.39, 0.29) is 17.2 Å². The summed E-state index contributed by atoms with van der Waals surface area (Å²) in [5.74, 6) is 1.49. The number of rotatable bonds is 4. The first-order valence-corrected chi connectivity index (χ1v) is 11.7. The number of hydrogen-bond donors (Lipinski definition) is 1. The van der Waals surface area contributed by atoms with Gasteiger partial charge in [0, 0.05) is 31.6 Å². The number of benzene rings is 1. The van der Waals surface area contributed by atoms with E-state index in [4.69, 9.17) is 4.98 Å². The lowest BCUT2D eigenvalue weighted by Gasteiger charge is -2.34. The van der Waals surface area contributed by atoms with Crippen molar-refractivity contribution >= 4 is 22.9 Å². The normalized spacial score (nSPS) is 19.0. The van der Waals surface area contributed by atoms with Crippen LogP contribution in [0.5, 0.6) is 0 Å². The van der Waals surface area contributed by atoms with Crippen molar-refractivity contribution in [2.24, 2.45) is 11.3 Å². The van der Waals surface area contributed by atoms with Crippen molar-refractivity contribution in [3.8, 4) is 0 Å². The molecule has 5 heteroatoms. The van der Waals surface area contributed by atoms with Gasteiger partial charge in [-0.3, -0.25) is 4.79 Å². The summed E-state index contributed by atoms with van der Waals surface area (Å²) in [5, 5.41) is 3.30. The third-order valence-electron chi connectivity index (χ3n) is 6.83. The maximum absolute atomic E-state index is 12.7. The summed E-state index contributed by atoms with van der Waals surface area (Å²) in [6.07, 6.45) is 6.64. The Morgan fingerprint density at radius 3 is 2.33 bits per heavy atom. The van der Waals surface area contributed by atoms with Gasteiger partial charge in [0.25, 0.3) is 0 Å². The van der Waals surface area contributed by atoms with E-state index in [1.54, 1.807) is 0 Å². The van der Waals surface area contributed by atoms with Gasteiger partial charge >= 0.3 is 0 Å². The predicted octanol–water partition coefficient (Wildman–Crippen LogP) is 4.97. The Balaban J connectivity index is 1.53. The molecule has 1 N–H and O–H groups in total. The number of fused-ring (bicyclic) bond motifs is 1. The summed E-state index contributed by atoms with van der Waals surface area (Å²) in [4.78, 5) is 20.2. The van der Waals surface area contributed by atoms with Gasteiger partial charge in [0.05, 0.1) is 11.0 Å². The highest BCUT2D eigenvalue weighted by Gasteiger charge is 2.30. The van der Waals surface area contributed by atoms with Crippen molar-refractivity contribution in [3.05, 3.63) is 23.3 Å². The lowest BCUT2D eigenvalue weighted by Crippen LogP contribution is -2.44. The number of aromatic nitrogens is 2. The molecule has 4 rings (SSSR count). The van der Waals surface area contributed by atoms with Crippen LogP contribution >= 0.6 is 0 Å². The fourth-order valence-corrected chi connectivity index (χ4v) is 4.97. The molecule has 1 aromatic carbocycles. The molecule has 2 aromatic rings. The molecule has 1 aromatic heterocycles. The minimum Gasteiger partial charge on any atom is -0.353 e. The maximum atomic E-state index is 12.7. The highest BCUT2D eigenvalue weighted by molar-refractivity contribution is 5.81. The third-order valence-corrected chi connectivity index (χ3v) is 6.83. The smallest absolute Gasteiger partial charge is 0.223 e. The Morgan fingerprint density at radius 2 is 1.70 bits per heavy atom. The molecule has 0 bridgehead atoms. The number of carbonyl (C=O) groups excluding carboxylic acids is 1. The quantitative estimate of drug-likeness (QED) is 0.774. The van der Waals surface area contributed by atoms with Crippen molar-refractivity contribution in [1.82, 2.24) is 14.9 Å². The van der Waals surface area contributed by atoms with Crippen molar-refractivity contribution in [1.29, 1.82) is 0 Å². The molecular formula is C25H38N4O. The Morgan fingerprint density at radius 1 is 1.07 bits per heavy atom. The second-order valence-electron chi connectivity index (χ2n) is 10.7. The van der Waals surface area contributed by atoms with Crippen LogP contribution in [0.4, 0.5) is 5.95 Å². The second-order valence-corrected chi connectivity index (χ2v) is 10.7. The van der Waals surface area contributed by atoms with Crippen LogP contribution in [-0.4, -0.2) is 34.6 Å². The fraction of sp³-hybridized carbons (Fsp3) is 0.680. The summed E-state index contributed by atoms with van der Waals surface area (Å²) in [7, 11) is 0. The van der Waals surface area contributed by atoms with Gasteiger partial charge in [0.1, 0.15) is 0 Å². The van der Waals surface area contributed by atoms with Crippen molar-refractivity contribution in [2.45, 2.75) is 85.7 Å². The number of anilines is 1. The van der Waals surface area contributed by atoms with Crippen molar-refractivity contribution in [2.75, 3.05) is 18.0 Å². The topological polar surface area (TPSA) is 50.2 Å². The molecule has 30 heavy (non-hydrogen) atoms. The molecule has 1 aliphatic heterocycles. The third kappa shape index (κ3) is 4.50. The summed E-state index contributed by atoms with van der Waals surface area (Å²) < 4.78 is 2.40. The predicted molar refractivity (Wildman–Crippen MR) is 124 cm³/mol. The average Bonchev–Trinajstić information content (AvgIpc) is 3.30. The molecule has 1 aliphatic carbocycles. The minimum atomic E-state index is 0.145. The molecule has 2 fully saturated rings. The average molecular weight is 411 g/mol. The van der Waals surface area contributed by atoms with Gasteiger partial charge in [0.2, 0.25) is 11.9 Å². The van der Waals surface area contributed by atoms with Gasteiger partial charge in [-0.15, -0.1) is 0 Å². The number of amides is 1. The van der Waals surface area contributed by atoms with E-state index >= 15 is 0 Å². The van der Waals surface area contributed by atoms with E-state index in [1.165, 1.54) is 29.5 Å². The van der Waals surface area contributed by atoms with Gasteiger partial charge in [0.15, 0.2) is 0 Å². The van der Waals surface area contributed by atoms with Gasteiger partial charge in [-0.1, -0.05) is 33.6 Å². The summed E-state index contributed by atoms with van der Waals surface area (Å²) in [6.45, 7) is 13.9. The van der Waals surface area contributed by atoms with Crippen molar-refractivity contribution < 1.29 is 4.79 Å². The van der Waals surface area contributed by atoms with Crippen LogP contribution in [0.1, 0.15) is 70.4 Å². The zero-order valence-corrected chi connectivity index (χ0v) is 19.4. The Hall–Kier alpha value is -2.04. The van der Waals surface area contributed by atoms with Gasteiger partial charge in [-0.25, -0.2) is 4.98 Å². The summed E-state index contributed by atoms with van der Waals surface area (Å²) in [6, 6.07) is 4.92. The van der Waals surface area contributed by atoms with Crippen LogP contribution in [0.15, 0.2) is 12.1 Å². The van der Waals surface area contributed by atoms with Crippen LogP contribution in [0.2, 0.25) is 0 Å². The number of carbonyl (C=O) groups is 1. The molecule has 2 heterocycles. The Bertz CT molecular complexity index is 909. The number of aryl methyl sites for hydroxylation is 2. The molecule has 0 atom stereocenters. The number of hydrogen-bond acceptors (Lipinski definition) is 3. The lowest BCUT2D eigenvalue weighted by molar-refractivity contribution is -0.126. The molecule has 5 nitrogen and oxygen atoms in total. The maximum Gasteiger partial charge on any atom is 0.223 e. The zero-order valence-electron chi connectivity index (χ0n) is 19.4. The number of imidazole rings is 1. The van der Waals surface area contributed by atoms with E-state index in [9.17, 15) is 4.79 Å². The Labute approximate surface area is 181 Å². The summed E-state index contributed by atoms with van der Waals surface area (Å²) >= 11 is 0. The van der Waals surface area contributed by atoms with Crippen LogP contribution < -0.4 is 10.2 Å². The molecular weight excluding hydrogens is 372 g/mol. The fourth-order valence-electron chi connectivity index (χ4n) is 4.97. The molecule has 164 valence electrons.